The third-order valence-corrected chi connectivity index (χ3v) is 13.2. The number of carbonyl (C=O) groups is 5. The van der Waals surface area contributed by atoms with Gasteiger partial charge in [0, 0.05) is 30.7 Å². The standard InChI is InChI=1S/C45H49NO13/c1-24-29(57-41(54)33(34(49)26-15-9-6-10-16-26)46-39(52)27-17-11-7-12-18-27)22-45(55)38(58-40(53)28-19-13-8-14-20-28)36-43(5,37(51)35(50)32(24)42(45,3)4)30(48)21-31-44(36,23-56-31)59-25(2)47/h6-20,29-31,33-36,38,48-50,55H,21-23H2,1-5H3,(H,46,52)/t29-,30-,31?,33-,34-,35+,36-,38-,43+,44-,45+/m0/s1. The number of carbonyl (C=O) groups excluding carboxylic acids is 5. The summed E-state index contributed by atoms with van der Waals surface area (Å²) in [5, 5.41) is 51.8. The number of amides is 1. The van der Waals surface area contributed by atoms with Gasteiger partial charge >= 0.3 is 17.9 Å². The number of aliphatic hydroxyl groups is 4. The smallest absolute Gasteiger partial charge is 0.338 e. The second kappa shape index (κ2) is 15.4. The first kappa shape index (κ1) is 41.9. The Balaban J connectivity index is 1.37. The highest BCUT2D eigenvalue weighted by Crippen LogP contribution is 2.64. The number of benzene rings is 3. The van der Waals surface area contributed by atoms with E-state index >= 15 is 4.79 Å². The number of Topliss-reactive ketones (excluding diaryl/α,β-unsaturated/α-hetero) is 1. The van der Waals surface area contributed by atoms with E-state index in [9.17, 15) is 39.6 Å². The van der Waals surface area contributed by atoms with Crippen LogP contribution in [0.4, 0.5) is 0 Å². The summed E-state index contributed by atoms with van der Waals surface area (Å²) in [6, 6.07) is 22.3. The molecule has 1 unspecified atom stereocenters. The topological polar surface area (TPSA) is 215 Å². The van der Waals surface area contributed by atoms with E-state index in [1.807, 2.05) is 0 Å². The Morgan fingerprint density at radius 2 is 1.44 bits per heavy atom. The predicted octanol–water partition coefficient (Wildman–Crippen LogP) is 3.16. The van der Waals surface area contributed by atoms with Gasteiger partial charge in [-0.3, -0.25) is 14.4 Å². The van der Waals surface area contributed by atoms with E-state index in [4.69, 9.17) is 18.9 Å². The van der Waals surface area contributed by atoms with Gasteiger partial charge in [-0.1, -0.05) is 80.6 Å². The van der Waals surface area contributed by atoms with Gasteiger partial charge in [0.1, 0.15) is 36.1 Å². The second-order valence-electron chi connectivity index (χ2n) is 16.8. The van der Waals surface area contributed by atoms with Crippen LogP contribution >= 0.6 is 0 Å². The van der Waals surface area contributed by atoms with Crippen molar-refractivity contribution in [3.63, 3.8) is 0 Å². The summed E-state index contributed by atoms with van der Waals surface area (Å²) in [5.74, 6) is -5.91. The molecule has 1 amide bonds. The molecule has 3 aliphatic carbocycles. The monoisotopic (exact) mass is 811 g/mol. The zero-order chi connectivity index (χ0) is 42.7. The minimum absolute atomic E-state index is 0.0521. The number of hydrogen-bond donors (Lipinski definition) is 5. The van der Waals surface area contributed by atoms with Gasteiger partial charge in [0.05, 0.1) is 29.6 Å². The van der Waals surface area contributed by atoms with E-state index in [2.05, 4.69) is 5.32 Å². The first-order valence-electron chi connectivity index (χ1n) is 19.6. The van der Waals surface area contributed by atoms with Crippen molar-refractivity contribution < 1.29 is 63.3 Å². The zero-order valence-electron chi connectivity index (χ0n) is 33.4. The minimum Gasteiger partial charge on any atom is -0.456 e. The van der Waals surface area contributed by atoms with Gasteiger partial charge in [-0.25, -0.2) is 9.59 Å². The van der Waals surface area contributed by atoms with Crippen LogP contribution in [0.1, 0.15) is 79.8 Å². The van der Waals surface area contributed by atoms with Gasteiger partial charge in [-0.05, 0) is 54.8 Å². The maximum atomic E-state index is 15.0. The van der Waals surface area contributed by atoms with Gasteiger partial charge in [0.25, 0.3) is 5.91 Å². The van der Waals surface area contributed by atoms with Crippen molar-refractivity contribution in [2.45, 2.75) is 101 Å². The van der Waals surface area contributed by atoms with Gasteiger partial charge < -0.3 is 44.7 Å². The quantitative estimate of drug-likeness (QED) is 0.120. The fourth-order valence-corrected chi connectivity index (χ4v) is 9.91. The number of ether oxygens (including phenoxy) is 4. The zero-order valence-corrected chi connectivity index (χ0v) is 33.4. The minimum atomic E-state index is -2.35. The number of aliphatic hydroxyl groups excluding tert-OH is 3. The number of rotatable bonds is 9. The van der Waals surface area contributed by atoms with Crippen LogP contribution in [0.5, 0.6) is 0 Å². The largest absolute Gasteiger partial charge is 0.456 e. The Morgan fingerprint density at radius 1 is 0.864 bits per heavy atom. The lowest BCUT2D eigenvalue weighted by atomic mass is 9.44. The van der Waals surface area contributed by atoms with Gasteiger partial charge in [-0.15, -0.1) is 0 Å². The summed E-state index contributed by atoms with van der Waals surface area (Å²) in [6.07, 6.45) is -10.1. The maximum absolute atomic E-state index is 15.0. The molecule has 11 atom stereocenters. The molecule has 1 heterocycles. The van der Waals surface area contributed by atoms with E-state index in [0.717, 1.165) is 6.92 Å². The van der Waals surface area contributed by atoms with Crippen LogP contribution in [-0.2, 0) is 33.3 Å². The Kier molecular flexibility index (Phi) is 10.9. The van der Waals surface area contributed by atoms with Gasteiger partial charge in [0.2, 0.25) is 0 Å². The lowest BCUT2D eigenvalue weighted by molar-refractivity contribution is -0.346. The molecule has 14 heteroatoms. The molecule has 59 heavy (non-hydrogen) atoms. The average molecular weight is 812 g/mol. The summed E-state index contributed by atoms with van der Waals surface area (Å²) in [6.45, 7) is 6.90. The number of ketones is 1. The molecule has 3 fully saturated rings. The van der Waals surface area contributed by atoms with Crippen molar-refractivity contribution >= 4 is 29.6 Å². The highest BCUT2D eigenvalue weighted by Gasteiger charge is 2.78. The fourth-order valence-electron chi connectivity index (χ4n) is 9.91. The van der Waals surface area contributed by atoms with E-state index in [-0.39, 0.29) is 40.9 Å². The molecule has 1 aliphatic heterocycles. The van der Waals surface area contributed by atoms with Crippen LogP contribution in [0.15, 0.2) is 102 Å². The molecule has 3 aromatic rings. The van der Waals surface area contributed by atoms with Crippen LogP contribution in [0.25, 0.3) is 0 Å². The van der Waals surface area contributed by atoms with E-state index in [0.29, 0.717) is 0 Å². The molecule has 0 aromatic heterocycles. The Hall–Kier alpha value is -5.25. The molecule has 1 saturated heterocycles. The van der Waals surface area contributed by atoms with Gasteiger partial charge in [0.15, 0.2) is 17.4 Å². The average Bonchev–Trinajstić information content (AvgIpc) is 3.21. The predicted molar refractivity (Wildman–Crippen MR) is 208 cm³/mol. The summed E-state index contributed by atoms with van der Waals surface area (Å²) in [7, 11) is 0. The summed E-state index contributed by atoms with van der Waals surface area (Å²) in [4.78, 5) is 70.0. The van der Waals surface area contributed by atoms with Crippen LogP contribution in [0, 0.1) is 16.7 Å². The summed E-state index contributed by atoms with van der Waals surface area (Å²) >= 11 is 0. The Morgan fingerprint density at radius 3 is 2.00 bits per heavy atom. The van der Waals surface area contributed by atoms with Crippen molar-refractivity contribution in [3.05, 3.63) is 119 Å². The lowest BCUT2D eigenvalue weighted by Gasteiger charge is -2.67. The molecule has 2 bridgehead atoms. The molecular formula is C45H49NO13. The molecule has 0 spiro atoms. The first-order chi connectivity index (χ1) is 27.9. The molecule has 312 valence electrons. The highest BCUT2D eigenvalue weighted by molar-refractivity contribution is 5.97. The molecule has 7 rings (SSSR count). The number of hydrogen-bond acceptors (Lipinski definition) is 13. The van der Waals surface area contributed by atoms with Crippen LogP contribution in [0.3, 0.4) is 0 Å². The molecule has 14 nitrogen and oxygen atoms in total. The second-order valence-corrected chi connectivity index (χ2v) is 16.8. The van der Waals surface area contributed by atoms with Crippen molar-refractivity contribution in [2.75, 3.05) is 6.61 Å². The summed E-state index contributed by atoms with van der Waals surface area (Å²) in [5.41, 5.74) is -7.04. The molecule has 5 N–H and O–H groups in total. The molecule has 3 aromatic carbocycles. The van der Waals surface area contributed by atoms with Crippen molar-refractivity contribution in [1.82, 2.24) is 5.32 Å². The van der Waals surface area contributed by atoms with Crippen LogP contribution < -0.4 is 5.32 Å². The fraction of sp³-hybridized carbons (Fsp3) is 0.444. The van der Waals surface area contributed by atoms with Crippen LogP contribution in [-0.4, -0.2) is 104 Å². The maximum Gasteiger partial charge on any atom is 0.338 e. The first-order valence-corrected chi connectivity index (χ1v) is 19.6. The molecular weight excluding hydrogens is 762 g/mol. The molecule has 0 radical (unpaired) electrons. The van der Waals surface area contributed by atoms with E-state index in [1.54, 1.807) is 80.6 Å². The third kappa shape index (κ3) is 6.76. The highest BCUT2D eigenvalue weighted by atomic mass is 16.6. The summed E-state index contributed by atoms with van der Waals surface area (Å²) < 4.78 is 24.3. The molecule has 2 saturated carbocycles. The van der Waals surface area contributed by atoms with E-state index < -0.39 is 107 Å². The van der Waals surface area contributed by atoms with Crippen molar-refractivity contribution in [3.8, 4) is 0 Å². The van der Waals surface area contributed by atoms with Crippen molar-refractivity contribution in [2.24, 2.45) is 16.7 Å². The SMILES string of the molecule is CC(=O)O[C@@]12COC1C[C@H](O)[C@@]1(C)C(=O)[C@H](O)C3=C(C)[C@@H](OC(=O)[C@@H](NC(=O)c4ccccc4)[C@@H](O)c4ccccc4)C[C@@](O)([C@@H](OC(=O)c4ccccc4)[C@@H]12)C3(C)C. The van der Waals surface area contributed by atoms with E-state index in [1.165, 1.54) is 38.1 Å². The third-order valence-electron chi connectivity index (χ3n) is 13.2. The Bertz CT molecular complexity index is 2160. The number of nitrogens with one attached hydrogen (secondary N) is 1. The number of fused-ring (bicyclic) bond motifs is 5. The normalized spacial score (nSPS) is 33.0. The lowest BCUT2D eigenvalue weighted by Crippen LogP contribution is -2.81. The van der Waals surface area contributed by atoms with Crippen molar-refractivity contribution in [1.29, 1.82) is 0 Å². The number of esters is 3. The Labute approximate surface area is 341 Å². The molecule has 4 aliphatic rings. The van der Waals surface area contributed by atoms with Gasteiger partial charge in [-0.2, -0.15) is 0 Å². The van der Waals surface area contributed by atoms with Crippen LogP contribution in [0.2, 0.25) is 0 Å².